The highest BCUT2D eigenvalue weighted by Gasteiger charge is 2.23. The lowest BCUT2D eigenvalue weighted by molar-refractivity contribution is -0.117. The van der Waals surface area contributed by atoms with Crippen LogP contribution in [0, 0.1) is 6.92 Å². The van der Waals surface area contributed by atoms with Crippen LogP contribution in [0.1, 0.15) is 23.0 Å². The molecule has 5 nitrogen and oxygen atoms in total. The molecule has 1 heterocycles. The lowest BCUT2D eigenvalue weighted by Gasteiger charge is -2.11. The summed E-state index contributed by atoms with van der Waals surface area (Å²) in [4.78, 5) is 27.4. The molecule has 0 fully saturated rings. The van der Waals surface area contributed by atoms with Gasteiger partial charge in [0, 0.05) is 29.7 Å². The van der Waals surface area contributed by atoms with Crippen molar-refractivity contribution in [3.63, 3.8) is 0 Å². The predicted octanol–water partition coefficient (Wildman–Crippen LogP) is 1.81. The summed E-state index contributed by atoms with van der Waals surface area (Å²) in [5.41, 5.74) is 1.99. The van der Waals surface area contributed by atoms with Gasteiger partial charge in [0.1, 0.15) is 0 Å². The van der Waals surface area contributed by atoms with Crippen molar-refractivity contribution in [2.24, 2.45) is 0 Å². The largest absolute Gasteiger partial charge is 0.383 e. The van der Waals surface area contributed by atoms with Crippen molar-refractivity contribution in [3.05, 3.63) is 35.5 Å². The Kier molecular flexibility index (Phi) is 4.20. The number of ketones is 1. The smallest absolute Gasteiger partial charge is 0.292 e. The number of hydrogen-bond acceptors (Lipinski definition) is 3. The number of amides is 1. The van der Waals surface area contributed by atoms with Crippen LogP contribution in [0.25, 0.3) is 10.9 Å². The Hall–Kier alpha value is -2.14. The third kappa shape index (κ3) is 2.72. The zero-order chi connectivity index (χ0) is 14.7. The Balaban J connectivity index is 2.27. The summed E-state index contributed by atoms with van der Waals surface area (Å²) in [5, 5.41) is 3.40. The van der Waals surface area contributed by atoms with E-state index >= 15 is 0 Å². The molecule has 0 aliphatic rings. The summed E-state index contributed by atoms with van der Waals surface area (Å²) >= 11 is 0. The van der Waals surface area contributed by atoms with Crippen molar-refractivity contribution in [3.8, 4) is 0 Å². The van der Waals surface area contributed by atoms with Gasteiger partial charge in [0.25, 0.3) is 11.7 Å². The van der Waals surface area contributed by atoms with Gasteiger partial charge in [-0.15, -0.1) is 0 Å². The first-order valence-electron chi connectivity index (χ1n) is 6.46. The number of aromatic amines is 1. The summed E-state index contributed by atoms with van der Waals surface area (Å²) in [6.07, 6.45) is 0. The molecule has 1 atom stereocenters. The molecule has 1 amide bonds. The highest BCUT2D eigenvalue weighted by Crippen LogP contribution is 2.22. The lowest BCUT2D eigenvalue weighted by atomic mass is 10.1. The van der Waals surface area contributed by atoms with Gasteiger partial charge in [0.05, 0.1) is 12.2 Å². The number of aryl methyl sites for hydroxylation is 1. The topological polar surface area (TPSA) is 71.2 Å². The van der Waals surface area contributed by atoms with Gasteiger partial charge < -0.3 is 15.0 Å². The number of aromatic nitrogens is 1. The molecule has 5 heteroatoms. The van der Waals surface area contributed by atoms with Crippen molar-refractivity contribution in [2.45, 2.75) is 19.9 Å². The number of carbonyl (C=O) groups excluding carboxylic acids is 2. The van der Waals surface area contributed by atoms with E-state index in [1.165, 1.54) is 0 Å². The molecular formula is C15H18N2O3. The summed E-state index contributed by atoms with van der Waals surface area (Å²) in [6, 6.07) is 7.23. The number of benzene rings is 1. The summed E-state index contributed by atoms with van der Waals surface area (Å²) < 4.78 is 4.94. The summed E-state index contributed by atoms with van der Waals surface area (Å²) in [5.74, 6) is -1.13. The minimum atomic E-state index is -0.609. The van der Waals surface area contributed by atoms with Crippen molar-refractivity contribution < 1.29 is 14.3 Å². The third-order valence-corrected chi connectivity index (χ3v) is 3.12. The monoisotopic (exact) mass is 274 g/mol. The van der Waals surface area contributed by atoms with Gasteiger partial charge in [-0.1, -0.05) is 18.2 Å². The van der Waals surface area contributed by atoms with Gasteiger partial charge in [-0.05, 0) is 19.9 Å². The van der Waals surface area contributed by atoms with Crippen molar-refractivity contribution in [1.29, 1.82) is 0 Å². The highest BCUT2D eigenvalue weighted by atomic mass is 16.5. The van der Waals surface area contributed by atoms with E-state index in [1.54, 1.807) is 21.0 Å². The van der Waals surface area contributed by atoms with Gasteiger partial charge in [-0.3, -0.25) is 9.59 Å². The number of fused-ring (bicyclic) bond motifs is 1. The minimum Gasteiger partial charge on any atom is -0.383 e. The number of nitrogens with one attached hydrogen (secondary N) is 2. The van der Waals surface area contributed by atoms with Crippen molar-refractivity contribution >= 4 is 22.6 Å². The van der Waals surface area contributed by atoms with Crippen LogP contribution in [0.5, 0.6) is 0 Å². The number of methoxy groups -OCH3 is 1. The second kappa shape index (κ2) is 5.88. The Bertz CT molecular complexity index is 646. The first-order chi connectivity index (χ1) is 9.54. The van der Waals surface area contributed by atoms with E-state index in [1.807, 2.05) is 24.3 Å². The van der Waals surface area contributed by atoms with E-state index in [9.17, 15) is 9.59 Å². The minimum absolute atomic E-state index is 0.207. The van der Waals surface area contributed by atoms with E-state index in [0.717, 1.165) is 10.9 Å². The quantitative estimate of drug-likeness (QED) is 0.645. The first-order valence-corrected chi connectivity index (χ1v) is 6.46. The summed E-state index contributed by atoms with van der Waals surface area (Å²) in [7, 11) is 1.55. The molecule has 0 aliphatic heterocycles. The summed E-state index contributed by atoms with van der Waals surface area (Å²) in [6.45, 7) is 3.95. The molecule has 0 saturated heterocycles. The molecular weight excluding hydrogens is 256 g/mol. The normalized spacial score (nSPS) is 12.3. The molecule has 20 heavy (non-hydrogen) atoms. The van der Waals surface area contributed by atoms with E-state index in [0.29, 0.717) is 17.9 Å². The maximum atomic E-state index is 12.3. The molecule has 0 aliphatic carbocycles. The van der Waals surface area contributed by atoms with Crippen LogP contribution in [-0.2, 0) is 9.53 Å². The molecule has 2 aromatic rings. The number of rotatable bonds is 5. The van der Waals surface area contributed by atoms with E-state index in [2.05, 4.69) is 10.3 Å². The number of Topliss-reactive ketones (excluding diaryl/α,β-unsaturated/α-hetero) is 1. The molecule has 106 valence electrons. The van der Waals surface area contributed by atoms with Crippen LogP contribution in [0.3, 0.4) is 0 Å². The average Bonchev–Trinajstić information content (AvgIpc) is 2.73. The number of para-hydroxylation sites is 1. The van der Waals surface area contributed by atoms with E-state index < -0.39 is 11.7 Å². The molecule has 2 rings (SSSR count). The fraction of sp³-hybridized carbons (Fsp3) is 0.333. The van der Waals surface area contributed by atoms with Crippen LogP contribution in [0.15, 0.2) is 24.3 Å². The first kappa shape index (κ1) is 14.3. The Labute approximate surface area is 117 Å². The molecule has 1 aromatic heterocycles. The fourth-order valence-electron chi connectivity index (χ4n) is 2.26. The fourth-order valence-corrected chi connectivity index (χ4v) is 2.26. The second-order valence-corrected chi connectivity index (χ2v) is 4.83. The highest BCUT2D eigenvalue weighted by molar-refractivity contribution is 6.45. The number of H-pyrrole nitrogens is 1. The molecule has 2 N–H and O–H groups in total. The van der Waals surface area contributed by atoms with Crippen LogP contribution < -0.4 is 5.32 Å². The molecule has 0 radical (unpaired) electrons. The van der Waals surface area contributed by atoms with Gasteiger partial charge in [0.2, 0.25) is 0 Å². The average molecular weight is 274 g/mol. The Morgan fingerprint density at radius 1 is 1.35 bits per heavy atom. The molecule has 1 aromatic carbocycles. The van der Waals surface area contributed by atoms with E-state index in [-0.39, 0.29) is 6.04 Å². The SMILES string of the molecule is COC[C@@H](C)NC(=O)C(=O)c1c(C)[nH]c2ccccc12. The Morgan fingerprint density at radius 2 is 2.05 bits per heavy atom. The molecule has 0 spiro atoms. The number of carbonyl (C=O) groups is 2. The van der Waals surface area contributed by atoms with Gasteiger partial charge in [-0.2, -0.15) is 0 Å². The second-order valence-electron chi connectivity index (χ2n) is 4.83. The molecule has 0 saturated carbocycles. The third-order valence-electron chi connectivity index (χ3n) is 3.12. The number of hydrogen-bond donors (Lipinski definition) is 2. The number of ether oxygens (including phenoxy) is 1. The maximum absolute atomic E-state index is 12.3. The van der Waals surface area contributed by atoms with Gasteiger partial charge in [0.15, 0.2) is 0 Å². The van der Waals surface area contributed by atoms with Crippen LogP contribution >= 0.6 is 0 Å². The predicted molar refractivity (Wildman–Crippen MR) is 76.8 cm³/mol. The van der Waals surface area contributed by atoms with Crippen LogP contribution in [0.4, 0.5) is 0 Å². The zero-order valence-corrected chi connectivity index (χ0v) is 11.8. The van der Waals surface area contributed by atoms with Crippen molar-refractivity contribution in [2.75, 3.05) is 13.7 Å². The van der Waals surface area contributed by atoms with Crippen LogP contribution in [0.2, 0.25) is 0 Å². The Morgan fingerprint density at radius 3 is 2.75 bits per heavy atom. The molecule has 0 unspecified atom stereocenters. The van der Waals surface area contributed by atoms with E-state index in [4.69, 9.17) is 4.74 Å². The lowest BCUT2D eigenvalue weighted by Crippen LogP contribution is -2.40. The standard InChI is InChI=1S/C15H18N2O3/c1-9(8-20-3)16-15(19)14(18)13-10(2)17-12-7-5-4-6-11(12)13/h4-7,9,17H,8H2,1-3H3,(H,16,19)/t9-/m1/s1. The van der Waals surface area contributed by atoms with Crippen LogP contribution in [-0.4, -0.2) is 36.4 Å². The molecule has 0 bridgehead atoms. The van der Waals surface area contributed by atoms with Crippen molar-refractivity contribution in [1.82, 2.24) is 10.3 Å². The zero-order valence-electron chi connectivity index (χ0n) is 11.8. The van der Waals surface area contributed by atoms with Gasteiger partial charge >= 0.3 is 0 Å². The van der Waals surface area contributed by atoms with Gasteiger partial charge in [-0.25, -0.2) is 0 Å². The maximum Gasteiger partial charge on any atom is 0.292 e.